The number of hydrogen-bond donors (Lipinski definition) is 2. The minimum absolute atomic E-state index is 0.0394. The van der Waals surface area contributed by atoms with E-state index in [-0.39, 0.29) is 10.8 Å². The fraction of sp³-hybridized carbons (Fsp3) is 0.500. The van der Waals surface area contributed by atoms with Crippen LogP contribution in [0.15, 0.2) is 12.0 Å². The molecule has 1 aliphatic heterocycles. The van der Waals surface area contributed by atoms with Crippen LogP contribution in [0.2, 0.25) is 0 Å². The van der Waals surface area contributed by atoms with E-state index in [0.29, 0.717) is 13.0 Å². The Kier molecular flexibility index (Phi) is 1.00. The summed E-state index contributed by atoms with van der Waals surface area (Å²) in [6.45, 7) is 0.492. The Morgan fingerprint density at radius 3 is 2.71 bits per heavy atom. The molecule has 1 aliphatic rings. The van der Waals surface area contributed by atoms with Crippen molar-refractivity contribution < 1.29 is 10.2 Å². The van der Waals surface area contributed by atoms with Crippen molar-refractivity contribution >= 4 is 0 Å². The Morgan fingerprint density at radius 1 is 1.86 bits per heavy atom. The fourth-order valence-electron chi connectivity index (χ4n) is 0.581. The van der Waals surface area contributed by atoms with Crippen molar-refractivity contribution in [2.45, 2.75) is 6.42 Å². The summed E-state index contributed by atoms with van der Waals surface area (Å²) in [6.07, 6.45) is 1.82. The highest BCUT2D eigenvalue weighted by atomic mass is 16.5. The zero-order chi connectivity index (χ0) is 5.28. The van der Waals surface area contributed by atoms with E-state index in [1.807, 2.05) is 0 Å². The number of aliphatic hydroxyl groups excluding tert-OH is 1. The lowest BCUT2D eigenvalue weighted by Crippen LogP contribution is -3.00. The molecular weight excluding hydrogens is 94.0 g/mol. The van der Waals surface area contributed by atoms with Gasteiger partial charge in [-0.15, -0.1) is 0 Å². The van der Waals surface area contributed by atoms with Crippen LogP contribution < -0.4 is 5.06 Å². The van der Waals surface area contributed by atoms with E-state index in [1.165, 1.54) is 6.20 Å². The Morgan fingerprint density at radius 2 is 2.57 bits per heavy atom. The Hall–Kier alpha value is -0.540. The Labute approximate surface area is 41.4 Å². The summed E-state index contributed by atoms with van der Waals surface area (Å²) in [5.41, 5.74) is 0. The van der Waals surface area contributed by atoms with Crippen molar-refractivity contribution in [2.24, 2.45) is 0 Å². The maximum atomic E-state index is 10.2. The van der Waals surface area contributed by atoms with Gasteiger partial charge in [-0.25, -0.2) is 0 Å². The molecule has 1 rings (SSSR count). The van der Waals surface area contributed by atoms with Crippen LogP contribution in [0, 0.1) is 5.21 Å². The fourth-order valence-corrected chi connectivity index (χ4v) is 0.581. The molecule has 0 aromatic heterocycles. The third kappa shape index (κ3) is 0.913. The van der Waals surface area contributed by atoms with E-state index in [9.17, 15) is 5.21 Å². The molecule has 0 fully saturated rings. The normalized spacial score (nSPS) is 30.4. The van der Waals surface area contributed by atoms with Crippen molar-refractivity contribution in [2.75, 3.05) is 6.54 Å². The highest BCUT2D eigenvalue weighted by Gasteiger charge is 2.07. The summed E-state index contributed by atoms with van der Waals surface area (Å²) < 4.78 is 0. The van der Waals surface area contributed by atoms with Crippen LogP contribution >= 0.6 is 0 Å². The lowest BCUT2D eigenvalue weighted by molar-refractivity contribution is -0.784. The predicted octanol–water partition coefficient (Wildman–Crippen LogP) is -0.828. The summed E-state index contributed by atoms with van der Waals surface area (Å²) in [5, 5.41) is 18.8. The maximum Gasteiger partial charge on any atom is 0.151 e. The van der Waals surface area contributed by atoms with Crippen LogP contribution in [0.4, 0.5) is 0 Å². The number of aliphatic hydroxyl groups is 1. The number of quaternary nitrogens is 1. The highest BCUT2D eigenvalue weighted by Crippen LogP contribution is 1.93. The standard InChI is InChI=1S/C4H7NO2/c6-4-1-2-5(7)3-4/h3,5-6H,1-2H2. The van der Waals surface area contributed by atoms with Gasteiger partial charge >= 0.3 is 0 Å². The van der Waals surface area contributed by atoms with Gasteiger partial charge < -0.3 is 15.4 Å². The number of nitrogens with one attached hydrogen (secondary N) is 1. The summed E-state index contributed by atoms with van der Waals surface area (Å²) in [5.74, 6) is 0.227. The second-order valence-electron chi connectivity index (χ2n) is 1.60. The van der Waals surface area contributed by atoms with E-state index < -0.39 is 0 Å². The largest absolute Gasteiger partial charge is 0.629 e. The lowest BCUT2D eigenvalue weighted by atomic mass is 10.4. The van der Waals surface area contributed by atoms with E-state index in [1.54, 1.807) is 0 Å². The van der Waals surface area contributed by atoms with Gasteiger partial charge in [-0.1, -0.05) is 0 Å². The number of hydrogen-bond acceptors (Lipinski definition) is 2. The minimum Gasteiger partial charge on any atom is -0.629 e. The van der Waals surface area contributed by atoms with Crippen LogP contribution in [0.3, 0.4) is 0 Å². The number of rotatable bonds is 0. The minimum atomic E-state index is 0.0394. The molecule has 0 radical (unpaired) electrons. The monoisotopic (exact) mass is 101 g/mol. The molecule has 0 saturated heterocycles. The number of hydroxylamine groups is 2. The van der Waals surface area contributed by atoms with Gasteiger partial charge in [-0.3, -0.25) is 0 Å². The first-order valence-corrected chi connectivity index (χ1v) is 2.21. The van der Waals surface area contributed by atoms with Crippen molar-refractivity contribution in [1.82, 2.24) is 0 Å². The second-order valence-corrected chi connectivity index (χ2v) is 1.60. The van der Waals surface area contributed by atoms with Crippen LogP contribution in [-0.4, -0.2) is 11.7 Å². The molecule has 0 spiro atoms. The first kappa shape index (κ1) is 4.61. The zero-order valence-corrected chi connectivity index (χ0v) is 3.85. The molecule has 0 amide bonds. The molecule has 7 heavy (non-hydrogen) atoms. The molecule has 2 N–H and O–H groups in total. The SMILES string of the molecule is [O-][NH+]1C=C(O)CC1. The zero-order valence-electron chi connectivity index (χ0n) is 3.85. The van der Waals surface area contributed by atoms with E-state index in [4.69, 9.17) is 5.11 Å². The first-order valence-electron chi connectivity index (χ1n) is 2.21. The van der Waals surface area contributed by atoms with Gasteiger partial charge in [-0.05, 0) is 0 Å². The van der Waals surface area contributed by atoms with Gasteiger partial charge in [0.15, 0.2) is 5.76 Å². The first-order chi connectivity index (χ1) is 3.29. The molecule has 1 unspecified atom stereocenters. The second kappa shape index (κ2) is 1.52. The quantitative estimate of drug-likeness (QED) is 0.391. The van der Waals surface area contributed by atoms with Crippen LogP contribution in [-0.2, 0) is 0 Å². The van der Waals surface area contributed by atoms with Crippen molar-refractivity contribution in [3.05, 3.63) is 17.2 Å². The summed E-state index contributed by atoms with van der Waals surface area (Å²) in [4.78, 5) is 0. The van der Waals surface area contributed by atoms with Gasteiger partial charge in [0.05, 0.1) is 13.0 Å². The summed E-state index contributed by atoms with van der Waals surface area (Å²) in [6, 6.07) is 0. The summed E-state index contributed by atoms with van der Waals surface area (Å²) >= 11 is 0. The van der Waals surface area contributed by atoms with Crippen molar-refractivity contribution in [3.63, 3.8) is 0 Å². The van der Waals surface area contributed by atoms with E-state index in [0.717, 1.165) is 0 Å². The van der Waals surface area contributed by atoms with Crippen LogP contribution in [0.25, 0.3) is 0 Å². The molecule has 0 aromatic rings. The van der Waals surface area contributed by atoms with Gasteiger partial charge in [0, 0.05) is 0 Å². The van der Waals surface area contributed by atoms with E-state index >= 15 is 0 Å². The third-order valence-electron chi connectivity index (χ3n) is 0.955. The van der Waals surface area contributed by atoms with E-state index in [2.05, 4.69) is 0 Å². The smallest absolute Gasteiger partial charge is 0.151 e. The van der Waals surface area contributed by atoms with Gasteiger partial charge in [0.1, 0.15) is 6.20 Å². The molecule has 3 heteroatoms. The van der Waals surface area contributed by atoms with Gasteiger partial charge in [-0.2, -0.15) is 0 Å². The Bertz CT molecular complexity index is 99.9. The van der Waals surface area contributed by atoms with Gasteiger partial charge in [0.2, 0.25) is 0 Å². The molecule has 0 aromatic carbocycles. The van der Waals surface area contributed by atoms with Crippen LogP contribution in [0.1, 0.15) is 6.42 Å². The average Bonchev–Trinajstić information content (AvgIpc) is 1.87. The summed E-state index contributed by atoms with van der Waals surface area (Å²) in [7, 11) is 0. The maximum absolute atomic E-state index is 10.2. The molecule has 40 valence electrons. The lowest BCUT2D eigenvalue weighted by Gasteiger charge is -2.08. The topological polar surface area (TPSA) is 47.7 Å². The molecule has 0 saturated carbocycles. The molecule has 1 atom stereocenters. The third-order valence-corrected chi connectivity index (χ3v) is 0.955. The molecular formula is C4H7NO2. The average molecular weight is 101 g/mol. The van der Waals surface area contributed by atoms with Crippen LogP contribution in [0.5, 0.6) is 0 Å². The highest BCUT2D eigenvalue weighted by molar-refractivity contribution is 4.87. The molecule has 0 bridgehead atoms. The van der Waals surface area contributed by atoms with Gasteiger partial charge in [0.25, 0.3) is 0 Å². The van der Waals surface area contributed by atoms with Crippen molar-refractivity contribution in [1.29, 1.82) is 0 Å². The predicted molar refractivity (Wildman–Crippen MR) is 24.5 cm³/mol. The Balaban J connectivity index is 2.50. The molecule has 1 heterocycles. The van der Waals surface area contributed by atoms with Crippen molar-refractivity contribution in [3.8, 4) is 0 Å². The molecule has 3 nitrogen and oxygen atoms in total. The molecule has 0 aliphatic carbocycles.